The summed E-state index contributed by atoms with van der Waals surface area (Å²) in [5.74, 6) is -0.472. The van der Waals surface area contributed by atoms with Gasteiger partial charge in [-0.1, -0.05) is 15.9 Å². The molecular formula is C20H13BrN2O4. The summed E-state index contributed by atoms with van der Waals surface area (Å²) in [7, 11) is 0. The number of nitrogens with zero attached hydrogens (tertiary/aromatic N) is 2. The van der Waals surface area contributed by atoms with Gasteiger partial charge in [-0.05, 0) is 48.5 Å². The minimum atomic E-state index is -0.491. The Bertz CT molecular complexity index is 1170. The van der Waals surface area contributed by atoms with E-state index in [1.54, 1.807) is 41.2 Å². The van der Waals surface area contributed by atoms with Gasteiger partial charge in [-0.3, -0.25) is 0 Å². The van der Waals surface area contributed by atoms with Gasteiger partial charge >= 0.3 is 11.6 Å². The molecule has 0 atom stereocenters. The lowest BCUT2D eigenvalue weighted by molar-refractivity contribution is 0.0474. The molecule has 2 aromatic carbocycles. The Hall–Kier alpha value is -3.19. The third-order valence-corrected chi connectivity index (χ3v) is 4.52. The van der Waals surface area contributed by atoms with Gasteiger partial charge in [-0.15, -0.1) is 0 Å². The summed E-state index contributed by atoms with van der Waals surface area (Å²) in [6.07, 6.45) is 3.50. The molecule has 6 nitrogen and oxygen atoms in total. The van der Waals surface area contributed by atoms with E-state index in [9.17, 15) is 9.59 Å². The summed E-state index contributed by atoms with van der Waals surface area (Å²) in [6.45, 7) is -0.0243. The van der Waals surface area contributed by atoms with Crippen molar-refractivity contribution in [3.8, 4) is 5.69 Å². The fraction of sp³-hybridized carbons (Fsp3) is 0.0500. The molecule has 0 bridgehead atoms. The smallest absolute Gasteiger partial charge is 0.338 e. The first-order valence-corrected chi connectivity index (χ1v) is 8.89. The topological polar surface area (TPSA) is 74.3 Å². The van der Waals surface area contributed by atoms with E-state index in [-0.39, 0.29) is 6.61 Å². The van der Waals surface area contributed by atoms with Crippen LogP contribution in [0.25, 0.3) is 16.7 Å². The summed E-state index contributed by atoms with van der Waals surface area (Å²) in [6, 6.07) is 15.4. The molecule has 0 unspecified atom stereocenters. The first kappa shape index (κ1) is 17.2. The van der Waals surface area contributed by atoms with Gasteiger partial charge in [0.1, 0.15) is 12.2 Å². The van der Waals surface area contributed by atoms with Crippen LogP contribution in [0.2, 0.25) is 0 Å². The van der Waals surface area contributed by atoms with E-state index in [2.05, 4.69) is 21.0 Å². The van der Waals surface area contributed by atoms with Gasteiger partial charge in [0, 0.05) is 33.9 Å². The molecule has 0 aliphatic carbocycles. The predicted molar refractivity (Wildman–Crippen MR) is 103 cm³/mol. The lowest BCUT2D eigenvalue weighted by Crippen LogP contribution is -2.08. The van der Waals surface area contributed by atoms with Gasteiger partial charge in [-0.25, -0.2) is 14.3 Å². The van der Waals surface area contributed by atoms with Crippen molar-refractivity contribution in [2.75, 3.05) is 0 Å². The molecule has 0 amide bonds. The van der Waals surface area contributed by atoms with Gasteiger partial charge in [0.25, 0.3) is 0 Å². The monoisotopic (exact) mass is 424 g/mol. The number of aromatic nitrogens is 2. The zero-order valence-corrected chi connectivity index (χ0v) is 15.5. The van der Waals surface area contributed by atoms with Crippen LogP contribution in [-0.2, 0) is 11.3 Å². The lowest BCUT2D eigenvalue weighted by Gasteiger charge is -2.08. The highest BCUT2D eigenvalue weighted by atomic mass is 79.9. The van der Waals surface area contributed by atoms with Crippen LogP contribution in [0.15, 0.2) is 80.7 Å². The quantitative estimate of drug-likeness (QED) is 0.364. The highest BCUT2D eigenvalue weighted by molar-refractivity contribution is 9.10. The first-order chi connectivity index (χ1) is 13.1. The standard InChI is InChI=1S/C20H13BrN2O4/c21-15-4-7-17-14(10-19(24)27-18(17)11-15)12-26-20(25)13-2-5-16(6-3-13)23-9-1-8-22-23/h1-11H,12H2. The maximum absolute atomic E-state index is 12.3. The Labute approximate surface area is 162 Å². The van der Waals surface area contributed by atoms with E-state index in [4.69, 9.17) is 9.15 Å². The van der Waals surface area contributed by atoms with Crippen molar-refractivity contribution in [2.24, 2.45) is 0 Å². The molecule has 7 heteroatoms. The van der Waals surface area contributed by atoms with E-state index < -0.39 is 11.6 Å². The average molecular weight is 425 g/mol. The molecule has 0 spiro atoms. The average Bonchev–Trinajstić information content (AvgIpc) is 3.20. The van der Waals surface area contributed by atoms with E-state index in [1.807, 2.05) is 24.4 Å². The number of benzene rings is 2. The summed E-state index contributed by atoms with van der Waals surface area (Å²) in [5, 5.41) is 4.86. The van der Waals surface area contributed by atoms with Gasteiger partial charge in [0.2, 0.25) is 0 Å². The van der Waals surface area contributed by atoms with E-state index >= 15 is 0 Å². The largest absolute Gasteiger partial charge is 0.457 e. The number of carbonyl (C=O) groups is 1. The Morgan fingerprint density at radius 2 is 1.96 bits per heavy atom. The highest BCUT2D eigenvalue weighted by Gasteiger charge is 2.11. The Balaban J connectivity index is 1.53. The fourth-order valence-corrected chi connectivity index (χ4v) is 3.06. The molecule has 27 heavy (non-hydrogen) atoms. The van der Waals surface area contributed by atoms with Gasteiger partial charge in [0.15, 0.2) is 0 Å². The Morgan fingerprint density at radius 3 is 2.70 bits per heavy atom. The van der Waals surface area contributed by atoms with Crippen molar-refractivity contribution in [3.05, 3.63) is 93.0 Å². The van der Waals surface area contributed by atoms with Gasteiger partial charge < -0.3 is 9.15 Å². The van der Waals surface area contributed by atoms with Crippen LogP contribution in [0, 0.1) is 0 Å². The van der Waals surface area contributed by atoms with Crippen molar-refractivity contribution < 1.29 is 13.9 Å². The zero-order chi connectivity index (χ0) is 18.8. The molecule has 4 rings (SSSR count). The first-order valence-electron chi connectivity index (χ1n) is 8.10. The van der Waals surface area contributed by atoms with Crippen molar-refractivity contribution >= 4 is 32.9 Å². The molecule has 0 aliphatic heterocycles. The Morgan fingerprint density at radius 1 is 1.15 bits per heavy atom. The fourth-order valence-electron chi connectivity index (χ4n) is 2.72. The van der Waals surface area contributed by atoms with Crippen molar-refractivity contribution in [3.63, 3.8) is 0 Å². The van der Waals surface area contributed by atoms with Crippen LogP contribution >= 0.6 is 15.9 Å². The number of carbonyl (C=O) groups excluding carboxylic acids is 1. The summed E-state index contributed by atoms with van der Waals surface area (Å²) in [4.78, 5) is 24.1. The highest BCUT2D eigenvalue weighted by Crippen LogP contribution is 2.22. The van der Waals surface area contributed by atoms with Crippen LogP contribution in [0.3, 0.4) is 0 Å². The minimum Gasteiger partial charge on any atom is -0.457 e. The molecule has 134 valence electrons. The summed E-state index contributed by atoms with van der Waals surface area (Å²) < 4.78 is 13.1. The number of ether oxygens (including phenoxy) is 1. The van der Waals surface area contributed by atoms with Crippen LogP contribution in [-0.4, -0.2) is 15.7 Å². The molecule has 0 fully saturated rings. The lowest BCUT2D eigenvalue weighted by atomic mass is 10.1. The molecule has 0 aliphatic rings. The summed E-state index contributed by atoms with van der Waals surface area (Å²) >= 11 is 3.34. The number of esters is 1. The SMILES string of the molecule is O=C(OCc1cc(=O)oc2cc(Br)ccc12)c1ccc(-n2cccn2)cc1. The van der Waals surface area contributed by atoms with Crippen LogP contribution in [0.1, 0.15) is 15.9 Å². The molecule has 2 heterocycles. The maximum Gasteiger partial charge on any atom is 0.338 e. The molecule has 0 saturated carbocycles. The molecular weight excluding hydrogens is 412 g/mol. The molecule has 0 N–H and O–H groups in total. The minimum absolute atomic E-state index is 0.0243. The molecule has 0 radical (unpaired) electrons. The number of fused-ring (bicyclic) bond motifs is 1. The maximum atomic E-state index is 12.3. The van der Waals surface area contributed by atoms with Gasteiger partial charge in [-0.2, -0.15) is 5.10 Å². The second-order valence-electron chi connectivity index (χ2n) is 5.80. The third-order valence-electron chi connectivity index (χ3n) is 4.02. The zero-order valence-electron chi connectivity index (χ0n) is 14.0. The number of rotatable bonds is 4. The van der Waals surface area contributed by atoms with E-state index in [0.717, 1.165) is 15.5 Å². The Kier molecular flexibility index (Phi) is 4.60. The molecule has 4 aromatic rings. The third kappa shape index (κ3) is 3.68. The van der Waals surface area contributed by atoms with E-state index in [1.165, 1.54) is 6.07 Å². The number of hydrogen-bond donors (Lipinski definition) is 0. The second kappa shape index (κ2) is 7.20. The van der Waals surface area contributed by atoms with Gasteiger partial charge in [0.05, 0.1) is 11.3 Å². The van der Waals surface area contributed by atoms with Crippen molar-refractivity contribution in [1.29, 1.82) is 0 Å². The molecule has 0 saturated heterocycles. The number of halogens is 1. The van der Waals surface area contributed by atoms with E-state index in [0.29, 0.717) is 16.7 Å². The predicted octanol–water partition coefficient (Wildman–Crippen LogP) is 4.10. The molecule has 2 aromatic heterocycles. The normalized spacial score (nSPS) is 10.9. The summed E-state index contributed by atoms with van der Waals surface area (Å²) in [5.41, 5.74) is 1.80. The van der Waals surface area contributed by atoms with Crippen molar-refractivity contribution in [1.82, 2.24) is 9.78 Å². The van der Waals surface area contributed by atoms with Crippen molar-refractivity contribution in [2.45, 2.75) is 6.61 Å². The van der Waals surface area contributed by atoms with Crippen LogP contribution in [0.5, 0.6) is 0 Å². The number of hydrogen-bond acceptors (Lipinski definition) is 5. The van der Waals surface area contributed by atoms with Crippen LogP contribution < -0.4 is 5.63 Å². The van der Waals surface area contributed by atoms with Crippen LogP contribution in [0.4, 0.5) is 0 Å². The second-order valence-corrected chi connectivity index (χ2v) is 6.72.